The molecule has 0 unspecified atom stereocenters. The van der Waals surface area contributed by atoms with E-state index in [1.807, 2.05) is 12.4 Å². The fraction of sp³-hybridized carbons (Fsp3) is 0.429. The quantitative estimate of drug-likeness (QED) is 0.590. The molecule has 0 N–H and O–H groups in total. The number of hydrogen-bond acceptors (Lipinski definition) is 2. The summed E-state index contributed by atoms with van der Waals surface area (Å²) >= 11 is 5.83. The fourth-order valence-electron chi connectivity index (χ4n) is 3.58. The number of aryl methyl sites for hydroxylation is 1. The summed E-state index contributed by atoms with van der Waals surface area (Å²) in [5, 5.41) is 0.0960. The van der Waals surface area contributed by atoms with E-state index in [-0.39, 0.29) is 5.02 Å². The highest BCUT2D eigenvalue weighted by atomic mass is 35.5. The Morgan fingerprint density at radius 2 is 1.88 bits per heavy atom. The topological polar surface area (TPSA) is 25.8 Å². The van der Waals surface area contributed by atoms with Crippen molar-refractivity contribution >= 4 is 11.6 Å². The maximum atomic E-state index is 13.2. The molecule has 2 aromatic rings. The van der Waals surface area contributed by atoms with Gasteiger partial charge in [-0.15, -0.1) is 0 Å². The zero-order valence-corrected chi connectivity index (χ0v) is 15.3. The lowest BCUT2D eigenvalue weighted by atomic mass is 9.79. The molecule has 1 aromatic carbocycles. The lowest BCUT2D eigenvalue weighted by Gasteiger charge is -2.26. The third kappa shape index (κ3) is 4.88. The first-order valence-electron chi connectivity index (χ1n) is 9.05. The van der Waals surface area contributed by atoms with Crippen LogP contribution in [0.25, 0.3) is 11.4 Å². The van der Waals surface area contributed by atoms with Crippen LogP contribution in [0, 0.1) is 17.7 Å². The molecule has 0 aliphatic heterocycles. The highest BCUT2D eigenvalue weighted by Crippen LogP contribution is 2.32. The lowest BCUT2D eigenvalue weighted by Crippen LogP contribution is -2.13. The van der Waals surface area contributed by atoms with Gasteiger partial charge in [0, 0.05) is 18.0 Å². The Labute approximate surface area is 154 Å². The minimum atomic E-state index is -0.425. The molecule has 0 bridgehead atoms. The smallest absolute Gasteiger partial charge is 0.159 e. The lowest BCUT2D eigenvalue weighted by molar-refractivity contribution is 0.296. The Hall–Kier alpha value is -1.74. The van der Waals surface area contributed by atoms with Crippen LogP contribution in [0.5, 0.6) is 0 Å². The number of nitrogens with zero attached hydrogens (tertiary/aromatic N) is 2. The SMILES string of the molecule is C/C=C/C1CCC(CCc2cnc(-c3ccc(F)c(Cl)c3)nc2)CC1. The number of halogens is 2. The van der Waals surface area contributed by atoms with Crippen LogP contribution in [0.1, 0.15) is 44.6 Å². The van der Waals surface area contributed by atoms with Crippen molar-refractivity contribution in [3.05, 3.63) is 59.1 Å². The van der Waals surface area contributed by atoms with Crippen molar-refractivity contribution in [2.75, 3.05) is 0 Å². The summed E-state index contributed by atoms with van der Waals surface area (Å²) in [7, 11) is 0. The summed E-state index contributed by atoms with van der Waals surface area (Å²) in [6.45, 7) is 2.11. The Morgan fingerprint density at radius 3 is 2.52 bits per heavy atom. The standard InChI is InChI=1S/C21H24ClFN2/c1-2-3-15-4-6-16(7-5-15)8-9-17-13-24-21(25-14-17)18-10-11-20(23)19(22)12-18/h2-3,10-16H,4-9H2,1H3/b3-2+. The van der Waals surface area contributed by atoms with Crippen LogP contribution < -0.4 is 0 Å². The van der Waals surface area contributed by atoms with Gasteiger partial charge in [-0.2, -0.15) is 0 Å². The van der Waals surface area contributed by atoms with E-state index in [1.54, 1.807) is 12.1 Å². The summed E-state index contributed by atoms with van der Waals surface area (Å²) < 4.78 is 13.2. The van der Waals surface area contributed by atoms with Gasteiger partial charge in [-0.05, 0) is 81.0 Å². The Morgan fingerprint density at radius 1 is 1.16 bits per heavy atom. The Kier molecular flexibility index (Phi) is 6.19. The number of hydrogen-bond donors (Lipinski definition) is 0. The van der Waals surface area contributed by atoms with Crippen molar-refractivity contribution in [1.29, 1.82) is 0 Å². The van der Waals surface area contributed by atoms with E-state index in [2.05, 4.69) is 29.0 Å². The van der Waals surface area contributed by atoms with Crippen molar-refractivity contribution in [3.8, 4) is 11.4 Å². The van der Waals surface area contributed by atoms with Gasteiger partial charge in [-0.25, -0.2) is 14.4 Å². The van der Waals surface area contributed by atoms with Crippen molar-refractivity contribution in [1.82, 2.24) is 9.97 Å². The van der Waals surface area contributed by atoms with Crippen LogP contribution in [0.4, 0.5) is 4.39 Å². The molecule has 1 saturated carbocycles. The first kappa shape index (κ1) is 18.1. The predicted octanol–water partition coefficient (Wildman–Crippen LogP) is 6.25. The van der Waals surface area contributed by atoms with Gasteiger partial charge in [-0.1, -0.05) is 23.8 Å². The molecule has 132 valence electrons. The molecule has 1 aromatic heterocycles. The molecule has 1 fully saturated rings. The maximum absolute atomic E-state index is 13.2. The molecular formula is C21H24ClFN2. The van der Waals surface area contributed by atoms with Gasteiger partial charge in [0.05, 0.1) is 5.02 Å². The highest BCUT2D eigenvalue weighted by Gasteiger charge is 2.19. The molecule has 0 saturated heterocycles. The van der Waals surface area contributed by atoms with Crippen LogP contribution in [-0.4, -0.2) is 9.97 Å². The number of rotatable bonds is 5. The number of benzene rings is 1. The first-order valence-corrected chi connectivity index (χ1v) is 9.42. The second-order valence-corrected chi connectivity index (χ2v) is 7.30. The van der Waals surface area contributed by atoms with Crippen molar-refractivity contribution < 1.29 is 4.39 Å². The monoisotopic (exact) mass is 358 g/mol. The third-order valence-corrected chi connectivity index (χ3v) is 5.37. The summed E-state index contributed by atoms with van der Waals surface area (Å²) in [5.41, 5.74) is 1.90. The zero-order valence-electron chi connectivity index (χ0n) is 14.6. The third-order valence-electron chi connectivity index (χ3n) is 5.08. The van der Waals surface area contributed by atoms with Gasteiger partial charge in [-0.3, -0.25) is 0 Å². The molecule has 25 heavy (non-hydrogen) atoms. The van der Waals surface area contributed by atoms with Crippen LogP contribution >= 0.6 is 11.6 Å². The van der Waals surface area contributed by atoms with Gasteiger partial charge in [0.15, 0.2) is 5.82 Å². The zero-order chi connectivity index (χ0) is 17.6. The van der Waals surface area contributed by atoms with Crippen molar-refractivity contribution in [2.45, 2.75) is 45.4 Å². The van der Waals surface area contributed by atoms with E-state index in [1.165, 1.54) is 38.2 Å². The fourth-order valence-corrected chi connectivity index (χ4v) is 3.76. The molecule has 0 radical (unpaired) electrons. The van der Waals surface area contributed by atoms with Gasteiger partial charge < -0.3 is 0 Å². The Bertz CT molecular complexity index is 719. The van der Waals surface area contributed by atoms with Gasteiger partial charge in [0.25, 0.3) is 0 Å². The number of aromatic nitrogens is 2. The average molecular weight is 359 g/mol. The summed E-state index contributed by atoms with van der Waals surface area (Å²) in [5.74, 6) is 1.76. The highest BCUT2D eigenvalue weighted by molar-refractivity contribution is 6.31. The van der Waals surface area contributed by atoms with E-state index in [4.69, 9.17) is 11.6 Å². The number of allylic oxidation sites excluding steroid dienone is 2. The summed E-state index contributed by atoms with van der Waals surface area (Å²) in [6.07, 6.45) is 15.8. The second kappa shape index (κ2) is 8.57. The van der Waals surface area contributed by atoms with Gasteiger partial charge in [0.1, 0.15) is 5.82 Å². The van der Waals surface area contributed by atoms with E-state index >= 15 is 0 Å². The minimum Gasteiger partial charge on any atom is -0.236 e. The molecule has 1 aliphatic rings. The normalized spacial score (nSPS) is 20.9. The largest absolute Gasteiger partial charge is 0.236 e. The molecule has 1 aliphatic carbocycles. The molecule has 1 heterocycles. The maximum Gasteiger partial charge on any atom is 0.159 e. The van der Waals surface area contributed by atoms with Crippen LogP contribution in [0.2, 0.25) is 5.02 Å². The summed E-state index contributed by atoms with van der Waals surface area (Å²) in [4.78, 5) is 8.84. The van der Waals surface area contributed by atoms with E-state index in [9.17, 15) is 4.39 Å². The first-order chi connectivity index (χ1) is 12.2. The van der Waals surface area contributed by atoms with Crippen LogP contribution in [-0.2, 0) is 6.42 Å². The molecule has 3 rings (SSSR count). The van der Waals surface area contributed by atoms with Crippen molar-refractivity contribution in [2.24, 2.45) is 11.8 Å². The molecular weight excluding hydrogens is 335 g/mol. The molecule has 0 amide bonds. The van der Waals surface area contributed by atoms with Gasteiger partial charge in [0.2, 0.25) is 0 Å². The van der Waals surface area contributed by atoms with E-state index < -0.39 is 5.82 Å². The molecule has 2 nitrogen and oxygen atoms in total. The predicted molar refractivity (Wildman–Crippen MR) is 101 cm³/mol. The van der Waals surface area contributed by atoms with Gasteiger partial charge >= 0.3 is 0 Å². The molecule has 4 heteroatoms. The second-order valence-electron chi connectivity index (χ2n) is 6.89. The van der Waals surface area contributed by atoms with Crippen molar-refractivity contribution in [3.63, 3.8) is 0 Å². The minimum absolute atomic E-state index is 0.0960. The van der Waals surface area contributed by atoms with E-state index in [0.29, 0.717) is 5.82 Å². The average Bonchev–Trinajstić information content (AvgIpc) is 2.64. The summed E-state index contributed by atoms with van der Waals surface area (Å²) in [6, 6.07) is 4.56. The van der Waals surface area contributed by atoms with E-state index in [0.717, 1.165) is 29.4 Å². The van der Waals surface area contributed by atoms with Crippen LogP contribution in [0.15, 0.2) is 42.7 Å². The molecule has 0 spiro atoms. The van der Waals surface area contributed by atoms with Crippen LogP contribution in [0.3, 0.4) is 0 Å². The molecule has 0 atom stereocenters. The Balaban J connectivity index is 1.54.